The molecule has 0 bridgehead atoms. The van der Waals surface area contributed by atoms with Gasteiger partial charge in [-0.1, -0.05) is 11.8 Å². The van der Waals surface area contributed by atoms with Gasteiger partial charge in [-0.15, -0.1) is 0 Å². The molecule has 12 nitrogen and oxygen atoms in total. The van der Waals surface area contributed by atoms with Crippen LogP contribution in [0.15, 0.2) is 24.3 Å². The summed E-state index contributed by atoms with van der Waals surface area (Å²) in [5.74, 6) is -0.586. The highest BCUT2D eigenvalue weighted by molar-refractivity contribution is 8.14. The molecule has 182 valence electrons. The summed E-state index contributed by atoms with van der Waals surface area (Å²) in [6.45, 7) is 1.25. The van der Waals surface area contributed by atoms with E-state index in [4.69, 9.17) is 4.74 Å². The molecule has 1 aliphatic rings. The van der Waals surface area contributed by atoms with Crippen molar-refractivity contribution in [3.8, 4) is 0 Å². The smallest absolute Gasteiger partial charge is 0.416 e. The number of carbonyl (C=O) groups is 3. The standard InChI is InChI=1S/C19H26N4O8S2/c1-13(24)32-16-10-17(20-11-16)18(25)22(9-8-21(2)33(3,29)30)19(26)31-12-14-4-6-15(7-5-14)23(27)28/h4-7,16-17,20H,8-12H2,1-3H3/t16-,17-/m0/s1. The van der Waals surface area contributed by atoms with Gasteiger partial charge in [0.05, 0.1) is 17.2 Å². The Hall–Kier alpha value is -2.55. The van der Waals surface area contributed by atoms with Crippen molar-refractivity contribution in [1.82, 2.24) is 14.5 Å². The molecule has 0 aliphatic carbocycles. The van der Waals surface area contributed by atoms with Crippen LogP contribution in [-0.2, 0) is 31.0 Å². The number of rotatable bonds is 9. The second-order valence-electron chi connectivity index (χ2n) is 7.48. The molecule has 0 radical (unpaired) electrons. The summed E-state index contributed by atoms with van der Waals surface area (Å²) in [7, 11) is -2.20. The molecular formula is C19H26N4O8S2. The van der Waals surface area contributed by atoms with Gasteiger partial charge in [0.1, 0.15) is 6.61 Å². The second-order valence-corrected chi connectivity index (χ2v) is 11.0. The van der Waals surface area contributed by atoms with Crippen LogP contribution in [-0.4, -0.2) is 83.9 Å². The summed E-state index contributed by atoms with van der Waals surface area (Å²) in [6, 6.07) is 4.66. The molecule has 0 spiro atoms. The summed E-state index contributed by atoms with van der Waals surface area (Å²) >= 11 is 1.11. The summed E-state index contributed by atoms with van der Waals surface area (Å²) < 4.78 is 29.6. The highest BCUT2D eigenvalue weighted by atomic mass is 32.2. The predicted octanol–water partition coefficient (Wildman–Crippen LogP) is 0.962. The number of non-ortho nitro benzene ring substituents is 1. The molecule has 1 heterocycles. The Morgan fingerprint density at radius 3 is 2.42 bits per heavy atom. The second kappa shape index (κ2) is 11.5. The predicted molar refractivity (Wildman–Crippen MR) is 121 cm³/mol. The molecule has 1 aromatic carbocycles. The number of nitrogens with zero attached hydrogens (tertiary/aromatic N) is 3. The van der Waals surface area contributed by atoms with Crippen LogP contribution in [0.5, 0.6) is 0 Å². The van der Waals surface area contributed by atoms with Crippen LogP contribution in [0.2, 0.25) is 0 Å². The zero-order valence-corrected chi connectivity index (χ0v) is 20.1. The molecule has 1 aromatic rings. The Balaban J connectivity index is 2.08. The van der Waals surface area contributed by atoms with Crippen molar-refractivity contribution in [3.63, 3.8) is 0 Å². The molecule has 0 aromatic heterocycles. The van der Waals surface area contributed by atoms with Crippen molar-refractivity contribution < 1.29 is 32.5 Å². The van der Waals surface area contributed by atoms with Crippen molar-refractivity contribution in [2.45, 2.75) is 31.2 Å². The van der Waals surface area contributed by atoms with E-state index < -0.39 is 33.0 Å². The number of hydrogen-bond acceptors (Lipinski definition) is 10. The van der Waals surface area contributed by atoms with E-state index in [0.29, 0.717) is 18.5 Å². The number of thioether (sulfide) groups is 1. The Morgan fingerprint density at radius 2 is 1.88 bits per heavy atom. The van der Waals surface area contributed by atoms with Gasteiger partial charge in [0, 0.05) is 51.0 Å². The van der Waals surface area contributed by atoms with Gasteiger partial charge >= 0.3 is 6.09 Å². The number of sulfonamides is 1. The maximum atomic E-state index is 13.0. The molecule has 1 fully saturated rings. The lowest BCUT2D eigenvalue weighted by atomic mass is 10.2. The maximum Gasteiger partial charge on any atom is 0.416 e. The Kier molecular flexibility index (Phi) is 9.34. The molecular weight excluding hydrogens is 476 g/mol. The third-order valence-electron chi connectivity index (χ3n) is 4.92. The zero-order valence-electron chi connectivity index (χ0n) is 18.4. The van der Waals surface area contributed by atoms with Gasteiger partial charge in [-0.25, -0.2) is 22.4 Å². The van der Waals surface area contributed by atoms with Crippen LogP contribution in [0, 0.1) is 10.1 Å². The lowest BCUT2D eigenvalue weighted by Gasteiger charge is -2.25. The van der Waals surface area contributed by atoms with E-state index in [1.165, 1.54) is 38.2 Å². The van der Waals surface area contributed by atoms with E-state index in [1.54, 1.807) is 0 Å². The normalized spacial score (nSPS) is 18.2. The molecule has 2 atom stereocenters. The van der Waals surface area contributed by atoms with Gasteiger partial charge in [-0.3, -0.25) is 19.7 Å². The summed E-state index contributed by atoms with van der Waals surface area (Å²) in [4.78, 5) is 48.1. The quantitative estimate of drug-likeness (QED) is 0.381. The number of nitro groups is 1. The van der Waals surface area contributed by atoms with Gasteiger partial charge in [-0.2, -0.15) is 0 Å². The van der Waals surface area contributed by atoms with Crippen LogP contribution >= 0.6 is 11.8 Å². The van der Waals surface area contributed by atoms with Crippen LogP contribution < -0.4 is 5.32 Å². The number of ether oxygens (including phenoxy) is 1. The molecule has 33 heavy (non-hydrogen) atoms. The molecule has 1 saturated heterocycles. The fourth-order valence-corrected chi connectivity index (χ4v) is 4.39. The first-order chi connectivity index (χ1) is 15.4. The topological polar surface area (TPSA) is 156 Å². The Morgan fingerprint density at radius 1 is 1.24 bits per heavy atom. The molecule has 1 N–H and O–H groups in total. The minimum absolute atomic E-state index is 0.0796. The Bertz CT molecular complexity index is 1000. The van der Waals surface area contributed by atoms with Crippen molar-refractivity contribution in [3.05, 3.63) is 39.9 Å². The van der Waals surface area contributed by atoms with E-state index in [1.807, 2.05) is 0 Å². The molecule has 14 heteroatoms. The lowest BCUT2D eigenvalue weighted by Crippen LogP contribution is -2.49. The zero-order chi connectivity index (χ0) is 24.8. The van der Waals surface area contributed by atoms with E-state index in [-0.39, 0.29) is 35.7 Å². The first-order valence-electron chi connectivity index (χ1n) is 9.92. The summed E-state index contributed by atoms with van der Waals surface area (Å²) in [6.07, 6.45) is 0.371. The van der Waals surface area contributed by atoms with Crippen molar-refractivity contribution in [1.29, 1.82) is 0 Å². The number of nitro benzene ring substituents is 1. The third-order valence-corrected chi connectivity index (χ3v) is 7.26. The minimum atomic E-state index is -3.53. The number of amides is 2. The lowest BCUT2D eigenvalue weighted by molar-refractivity contribution is -0.384. The van der Waals surface area contributed by atoms with Gasteiger partial charge in [0.2, 0.25) is 15.9 Å². The van der Waals surface area contributed by atoms with Crippen molar-refractivity contribution in [2.24, 2.45) is 0 Å². The highest BCUT2D eigenvalue weighted by Gasteiger charge is 2.36. The van der Waals surface area contributed by atoms with Crippen LogP contribution in [0.25, 0.3) is 0 Å². The monoisotopic (exact) mass is 502 g/mol. The van der Waals surface area contributed by atoms with Gasteiger partial charge in [0.15, 0.2) is 5.12 Å². The van der Waals surface area contributed by atoms with Crippen LogP contribution in [0.4, 0.5) is 10.5 Å². The van der Waals surface area contributed by atoms with Gasteiger partial charge < -0.3 is 10.1 Å². The van der Waals surface area contributed by atoms with Crippen LogP contribution in [0.3, 0.4) is 0 Å². The number of carbonyl (C=O) groups excluding carboxylic acids is 3. The van der Waals surface area contributed by atoms with E-state index in [2.05, 4.69) is 5.32 Å². The average Bonchev–Trinajstić information content (AvgIpc) is 3.19. The Labute approximate surface area is 195 Å². The first-order valence-corrected chi connectivity index (χ1v) is 12.6. The number of nitrogens with one attached hydrogen (secondary N) is 1. The highest BCUT2D eigenvalue weighted by Crippen LogP contribution is 2.23. The minimum Gasteiger partial charge on any atom is -0.444 e. The fraction of sp³-hybridized carbons (Fsp3) is 0.526. The summed E-state index contributed by atoms with van der Waals surface area (Å²) in [5.41, 5.74) is 0.363. The van der Waals surface area contributed by atoms with E-state index >= 15 is 0 Å². The summed E-state index contributed by atoms with van der Waals surface area (Å²) in [5, 5.41) is 13.5. The molecule has 1 aliphatic heterocycles. The molecule has 2 rings (SSSR count). The first kappa shape index (κ1) is 26.7. The number of likely N-dealkylation sites (N-methyl/N-ethyl adjacent to an activating group) is 1. The van der Waals surface area contributed by atoms with Crippen LogP contribution in [0.1, 0.15) is 18.9 Å². The molecule has 2 amide bonds. The molecule has 0 unspecified atom stereocenters. The SMILES string of the molecule is CC(=O)S[C@@H]1CN[C@H](C(=O)N(CCN(C)S(C)(=O)=O)C(=O)OCc2ccc([N+](=O)[O-])cc2)C1. The number of benzene rings is 1. The third kappa shape index (κ3) is 8.07. The average molecular weight is 503 g/mol. The van der Waals surface area contributed by atoms with Crippen molar-refractivity contribution >= 4 is 44.6 Å². The number of imide groups is 1. The van der Waals surface area contributed by atoms with E-state index in [9.17, 15) is 32.9 Å². The van der Waals surface area contributed by atoms with Gasteiger partial charge in [0.25, 0.3) is 5.69 Å². The van der Waals surface area contributed by atoms with Gasteiger partial charge in [-0.05, 0) is 24.1 Å². The maximum absolute atomic E-state index is 13.0. The molecule has 0 saturated carbocycles. The fourth-order valence-electron chi connectivity index (χ4n) is 3.04. The van der Waals surface area contributed by atoms with E-state index in [0.717, 1.165) is 27.2 Å². The van der Waals surface area contributed by atoms with Crippen molar-refractivity contribution in [2.75, 3.05) is 32.9 Å². The largest absolute Gasteiger partial charge is 0.444 e. The number of hydrogen-bond donors (Lipinski definition) is 1.